The Hall–Kier alpha value is -2.35. The maximum absolute atomic E-state index is 12.8. The first-order valence-electron chi connectivity index (χ1n) is 8.49. The van der Waals surface area contributed by atoms with Crippen LogP contribution in [0.2, 0.25) is 0 Å². The van der Waals surface area contributed by atoms with Crippen molar-refractivity contribution in [1.29, 1.82) is 0 Å². The van der Waals surface area contributed by atoms with E-state index in [2.05, 4.69) is 22.7 Å². The van der Waals surface area contributed by atoms with Crippen LogP contribution in [0.15, 0.2) is 36.5 Å². The minimum atomic E-state index is -4.42. The summed E-state index contributed by atoms with van der Waals surface area (Å²) >= 11 is 0. The maximum atomic E-state index is 12.8. The van der Waals surface area contributed by atoms with Gasteiger partial charge in [-0.1, -0.05) is 13.0 Å². The number of alkyl halides is 3. The number of carbonyl (C=O) groups is 1. The number of benzene rings is 1. The zero-order chi connectivity index (χ0) is 18.8. The van der Waals surface area contributed by atoms with Crippen molar-refractivity contribution in [1.82, 2.24) is 20.4 Å². The molecule has 0 bridgehead atoms. The van der Waals surface area contributed by atoms with Gasteiger partial charge in [0.25, 0.3) is 5.91 Å². The molecule has 0 aliphatic carbocycles. The first-order chi connectivity index (χ1) is 12.3. The summed E-state index contributed by atoms with van der Waals surface area (Å²) in [6.07, 6.45) is -0.984. The number of rotatable bonds is 4. The van der Waals surface area contributed by atoms with Gasteiger partial charge >= 0.3 is 6.18 Å². The lowest BCUT2D eigenvalue weighted by atomic mass is 9.81. The van der Waals surface area contributed by atoms with Crippen LogP contribution >= 0.6 is 0 Å². The number of hydrogen-bond donors (Lipinski definition) is 2. The molecule has 1 aromatic heterocycles. The Balaban J connectivity index is 1.68. The SMILES string of the molecule is CC1(CNC(=O)c2ccn(-c3cccc(C(F)(F)F)c3)n2)CCNCC1. The van der Waals surface area contributed by atoms with Crippen molar-refractivity contribution in [3.05, 3.63) is 47.8 Å². The van der Waals surface area contributed by atoms with Crippen LogP contribution in [-0.2, 0) is 6.18 Å². The van der Waals surface area contributed by atoms with Gasteiger partial charge in [0.2, 0.25) is 0 Å². The molecule has 3 rings (SSSR count). The van der Waals surface area contributed by atoms with Crippen molar-refractivity contribution in [2.45, 2.75) is 25.9 Å². The van der Waals surface area contributed by atoms with Crippen molar-refractivity contribution >= 4 is 5.91 Å². The Morgan fingerprint density at radius 2 is 2.04 bits per heavy atom. The smallest absolute Gasteiger partial charge is 0.350 e. The van der Waals surface area contributed by atoms with Crippen LogP contribution in [0.5, 0.6) is 0 Å². The fourth-order valence-corrected chi connectivity index (χ4v) is 3.00. The molecule has 1 saturated heterocycles. The molecule has 0 radical (unpaired) electrons. The number of amides is 1. The number of nitrogens with one attached hydrogen (secondary N) is 2. The highest BCUT2D eigenvalue weighted by molar-refractivity contribution is 5.92. The quantitative estimate of drug-likeness (QED) is 0.875. The van der Waals surface area contributed by atoms with E-state index in [4.69, 9.17) is 0 Å². The highest BCUT2D eigenvalue weighted by Crippen LogP contribution is 2.30. The summed E-state index contributed by atoms with van der Waals surface area (Å²) < 4.78 is 39.8. The molecule has 0 unspecified atom stereocenters. The third-order valence-electron chi connectivity index (χ3n) is 4.75. The van der Waals surface area contributed by atoms with Crippen LogP contribution in [0.1, 0.15) is 35.8 Å². The lowest BCUT2D eigenvalue weighted by Gasteiger charge is -2.34. The van der Waals surface area contributed by atoms with Gasteiger partial charge in [0.1, 0.15) is 0 Å². The molecule has 2 aromatic rings. The number of halogens is 3. The fourth-order valence-electron chi connectivity index (χ4n) is 3.00. The number of hydrogen-bond acceptors (Lipinski definition) is 3. The molecule has 5 nitrogen and oxygen atoms in total. The predicted molar refractivity (Wildman–Crippen MR) is 91.1 cm³/mol. The molecule has 0 atom stereocenters. The Kier molecular flexibility index (Phi) is 5.04. The molecule has 8 heteroatoms. The van der Waals surface area contributed by atoms with Gasteiger partial charge < -0.3 is 10.6 Å². The van der Waals surface area contributed by atoms with Crippen LogP contribution in [0, 0.1) is 5.41 Å². The number of piperidine rings is 1. The Labute approximate surface area is 149 Å². The van der Waals surface area contributed by atoms with E-state index in [1.54, 1.807) is 0 Å². The van der Waals surface area contributed by atoms with E-state index in [1.807, 2.05) is 0 Å². The minimum Gasteiger partial charge on any atom is -0.350 e. The van der Waals surface area contributed by atoms with Gasteiger partial charge in [0.15, 0.2) is 5.69 Å². The van der Waals surface area contributed by atoms with Crippen LogP contribution < -0.4 is 10.6 Å². The van der Waals surface area contributed by atoms with Crippen LogP contribution in [0.4, 0.5) is 13.2 Å². The average Bonchev–Trinajstić information content (AvgIpc) is 3.10. The summed E-state index contributed by atoms with van der Waals surface area (Å²) in [5, 5.41) is 10.3. The van der Waals surface area contributed by atoms with Gasteiger partial charge in [0, 0.05) is 12.7 Å². The van der Waals surface area contributed by atoms with Gasteiger partial charge in [-0.2, -0.15) is 18.3 Å². The molecular weight excluding hydrogens is 345 g/mol. The molecule has 140 valence electrons. The lowest BCUT2D eigenvalue weighted by molar-refractivity contribution is -0.137. The second-order valence-electron chi connectivity index (χ2n) is 6.94. The Morgan fingerprint density at radius 3 is 2.73 bits per heavy atom. The Morgan fingerprint density at radius 1 is 1.31 bits per heavy atom. The first kappa shape index (κ1) is 18.4. The number of carbonyl (C=O) groups excluding carboxylic acids is 1. The van der Waals surface area contributed by atoms with Gasteiger partial charge in [-0.25, -0.2) is 4.68 Å². The predicted octanol–water partition coefficient (Wildman–Crippen LogP) is 3.01. The van der Waals surface area contributed by atoms with E-state index < -0.39 is 11.7 Å². The second-order valence-corrected chi connectivity index (χ2v) is 6.94. The van der Waals surface area contributed by atoms with E-state index in [0.29, 0.717) is 6.54 Å². The average molecular weight is 366 g/mol. The molecule has 2 heterocycles. The highest BCUT2D eigenvalue weighted by atomic mass is 19.4. The Bertz CT molecular complexity index is 779. The largest absolute Gasteiger partial charge is 0.416 e. The van der Waals surface area contributed by atoms with Crippen LogP contribution in [-0.4, -0.2) is 35.3 Å². The summed E-state index contributed by atoms with van der Waals surface area (Å²) in [6, 6.07) is 6.34. The van der Waals surface area contributed by atoms with Crippen molar-refractivity contribution in [3.63, 3.8) is 0 Å². The first-order valence-corrected chi connectivity index (χ1v) is 8.49. The summed E-state index contributed by atoms with van der Waals surface area (Å²) in [5.41, 5.74) is -0.274. The van der Waals surface area contributed by atoms with E-state index in [0.717, 1.165) is 38.1 Å². The maximum Gasteiger partial charge on any atom is 0.416 e. The van der Waals surface area contributed by atoms with Crippen molar-refractivity contribution in [3.8, 4) is 5.69 Å². The summed E-state index contributed by atoms with van der Waals surface area (Å²) in [7, 11) is 0. The fraction of sp³-hybridized carbons (Fsp3) is 0.444. The molecule has 1 aliphatic rings. The molecule has 0 saturated carbocycles. The van der Waals surface area contributed by atoms with E-state index in [9.17, 15) is 18.0 Å². The number of nitrogens with zero attached hydrogens (tertiary/aromatic N) is 2. The monoisotopic (exact) mass is 366 g/mol. The van der Waals surface area contributed by atoms with Gasteiger partial charge in [-0.3, -0.25) is 4.79 Å². The van der Waals surface area contributed by atoms with Crippen molar-refractivity contribution < 1.29 is 18.0 Å². The molecule has 0 spiro atoms. The zero-order valence-electron chi connectivity index (χ0n) is 14.4. The summed E-state index contributed by atoms with van der Waals surface area (Å²) in [5.74, 6) is -0.324. The standard InChI is InChI=1S/C18H21F3N4O/c1-17(6-8-22-9-7-17)12-23-16(26)15-5-10-25(24-15)14-4-2-3-13(11-14)18(19,20)21/h2-5,10-11,22H,6-9,12H2,1H3,(H,23,26). The van der Waals surface area contributed by atoms with E-state index in [-0.39, 0.29) is 22.7 Å². The summed E-state index contributed by atoms with van der Waals surface area (Å²) in [6.45, 7) is 4.53. The molecule has 2 N–H and O–H groups in total. The van der Waals surface area contributed by atoms with Gasteiger partial charge in [0.05, 0.1) is 11.3 Å². The zero-order valence-corrected chi connectivity index (χ0v) is 14.4. The van der Waals surface area contributed by atoms with Crippen LogP contribution in [0.3, 0.4) is 0 Å². The van der Waals surface area contributed by atoms with Crippen molar-refractivity contribution in [2.75, 3.05) is 19.6 Å². The normalized spacial score (nSPS) is 17.1. The second kappa shape index (κ2) is 7.11. The molecule has 26 heavy (non-hydrogen) atoms. The molecular formula is C18H21F3N4O. The molecule has 1 aliphatic heterocycles. The highest BCUT2D eigenvalue weighted by Gasteiger charge is 2.31. The molecule has 1 aromatic carbocycles. The third kappa shape index (κ3) is 4.24. The summed E-state index contributed by atoms with van der Waals surface area (Å²) in [4.78, 5) is 12.3. The minimum absolute atomic E-state index is 0.0461. The van der Waals surface area contributed by atoms with E-state index >= 15 is 0 Å². The van der Waals surface area contributed by atoms with Gasteiger partial charge in [-0.15, -0.1) is 0 Å². The number of aromatic nitrogens is 2. The van der Waals surface area contributed by atoms with Crippen molar-refractivity contribution in [2.24, 2.45) is 5.41 Å². The topological polar surface area (TPSA) is 59.0 Å². The van der Waals surface area contributed by atoms with Crippen LogP contribution in [0.25, 0.3) is 5.69 Å². The van der Waals surface area contributed by atoms with Gasteiger partial charge in [-0.05, 0) is 55.6 Å². The lowest BCUT2D eigenvalue weighted by Crippen LogP contribution is -2.43. The molecule has 1 amide bonds. The molecule has 1 fully saturated rings. The third-order valence-corrected chi connectivity index (χ3v) is 4.75. The van der Waals surface area contributed by atoms with E-state index in [1.165, 1.54) is 29.1 Å².